The number of hydrogen-bond acceptors (Lipinski definition) is 4. The minimum atomic E-state index is -0.484. The molecule has 0 aromatic carbocycles. The van der Waals surface area contributed by atoms with Crippen molar-refractivity contribution in [3.05, 3.63) is 22.4 Å². The van der Waals surface area contributed by atoms with Gasteiger partial charge in [-0.25, -0.2) is 4.79 Å². The zero-order chi connectivity index (χ0) is 15.2. The van der Waals surface area contributed by atoms with Crippen LogP contribution in [0.5, 0.6) is 0 Å². The molecule has 112 valence electrons. The van der Waals surface area contributed by atoms with Gasteiger partial charge in [0.1, 0.15) is 5.60 Å². The maximum atomic E-state index is 11.8. The average Bonchev–Trinajstić information content (AvgIpc) is 2.85. The molecule has 1 amide bonds. The number of hydrogen-bond donors (Lipinski definition) is 1. The highest BCUT2D eigenvalue weighted by molar-refractivity contribution is 7.08. The predicted molar refractivity (Wildman–Crippen MR) is 81.3 cm³/mol. The van der Waals surface area contributed by atoms with Crippen LogP contribution in [-0.4, -0.2) is 24.0 Å². The molecule has 0 spiro atoms. The Labute approximate surface area is 124 Å². The Morgan fingerprint density at radius 2 is 2.10 bits per heavy atom. The molecule has 20 heavy (non-hydrogen) atoms. The van der Waals surface area contributed by atoms with E-state index in [2.05, 4.69) is 5.32 Å². The summed E-state index contributed by atoms with van der Waals surface area (Å²) in [6, 6.07) is 1.84. The molecule has 5 heteroatoms. The first-order chi connectivity index (χ1) is 9.28. The number of nitrogens with one attached hydrogen (secondary N) is 1. The van der Waals surface area contributed by atoms with Crippen LogP contribution in [0.1, 0.15) is 50.9 Å². The number of carbonyl (C=O) groups is 2. The molecule has 1 rings (SSSR count). The van der Waals surface area contributed by atoms with Crippen LogP contribution < -0.4 is 5.32 Å². The maximum Gasteiger partial charge on any atom is 0.407 e. The van der Waals surface area contributed by atoms with E-state index in [1.807, 2.05) is 44.5 Å². The Kier molecular flexibility index (Phi) is 6.20. The van der Waals surface area contributed by atoms with E-state index < -0.39 is 11.7 Å². The second kappa shape index (κ2) is 7.43. The zero-order valence-electron chi connectivity index (χ0n) is 12.6. The first-order valence-corrected chi connectivity index (χ1v) is 7.74. The minimum absolute atomic E-state index is 0.162. The van der Waals surface area contributed by atoms with E-state index in [1.54, 1.807) is 0 Å². The van der Waals surface area contributed by atoms with Gasteiger partial charge >= 0.3 is 6.09 Å². The van der Waals surface area contributed by atoms with Gasteiger partial charge in [-0.05, 0) is 44.6 Å². The summed E-state index contributed by atoms with van der Waals surface area (Å²) in [5.41, 5.74) is 0.296. The Morgan fingerprint density at radius 3 is 2.65 bits per heavy atom. The number of amides is 1. The summed E-state index contributed by atoms with van der Waals surface area (Å²) >= 11 is 1.53. The molecular weight excluding hydrogens is 274 g/mol. The summed E-state index contributed by atoms with van der Waals surface area (Å²) < 4.78 is 5.16. The lowest BCUT2D eigenvalue weighted by atomic mass is 10.0. The lowest BCUT2D eigenvalue weighted by Crippen LogP contribution is -2.34. The van der Waals surface area contributed by atoms with Crippen LogP contribution in [0.3, 0.4) is 0 Å². The second-order valence-corrected chi connectivity index (χ2v) is 6.74. The van der Waals surface area contributed by atoms with Crippen LogP contribution in [-0.2, 0) is 4.74 Å². The van der Waals surface area contributed by atoms with Gasteiger partial charge in [0.15, 0.2) is 5.78 Å². The molecule has 1 aromatic rings. The third-order valence-electron chi connectivity index (χ3n) is 2.70. The molecule has 0 fully saturated rings. The van der Waals surface area contributed by atoms with Gasteiger partial charge in [-0.15, -0.1) is 0 Å². The Morgan fingerprint density at radius 1 is 1.40 bits per heavy atom. The number of thiophene rings is 1. The van der Waals surface area contributed by atoms with Gasteiger partial charge in [0.05, 0.1) is 0 Å². The number of Topliss-reactive ketones (excluding diaryl/α,β-unsaturated/α-hetero) is 1. The van der Waals surface area contributed by atoms with E-state index in [1.165, 1.54) is 11.3 Å². The maximum absolute atomic E-state index is 11.8. The molecule has 1 atom stereocenters. The van der Waals surface area contributed by atoms with Crippen molar-refractivity contribution in [2.75, 3.05) is 6.54 Å². The summed E-state index contributed by atoms with van der Waals surface area (Å²) in [5, 5.41) is 6.50. The van der Waals surface area contributed by atoms with E-state index >= 15 is 0 Å². The van der Waals surface area contributed by atoms with E-state index in [9.17, 15) is 9.59 Å². The van der Waals surface area contributed by atoms with E-state index in [-0.39, 0.29) is 11.7 Å². The van der Waals surface area contributed by atoms with E-state index in [0.717, 1.165) is 12.0 Å². The summed E-state index contributed by atoms with van der Waals surface area (Å²) in [4.78, 5) is 23.3. The first-order valence-electron chi connectivity index (χ1n) is 6.80. The smallest absolute Gasteiger partial charge is 0.407 e. The lowest BCUT2D eigenvalue weighted by molar-refractivity contribution is 0.0520. The summed E-state index contributed by atoms with van der Waals surface area (Å²) in [5.74, 6) is 0.403. The summed E-state index contributed by atoms with van der Waals surface area (Å²) in [6.07, 6.45) is 0.853. The van der Waals surface area contributed by atoms with Gasteiger partial charge in [-0.2, -0.15) is 11.3 Å². The van der Waals surface area contributed by atoms with E-state index in [0.29, 0.717) is 13.0 Å². The van der Waals surface area contributed by atoms with Crippen molar-refractivity contribution in [3.63, 3.8) is 0 Å². The van der Waals surface area contributed by atoms with Crippen molar-refractivity contribution in [3.8, 4) is 0 Å². The Hall–Kier alpha value is -1.36. The van der Waals surface area contributed by atoms with Crippen LogP contribution in [0.4, 0.5) is 4.79 Å². The van der Waals surface area contributed by atoms with Gasteiger partial charge in [-0.1, -0.05) is 6.92 Å². The average molecular weight is 297 g/mol. The van der Waals surface area contributed by atoms with Gasteiger partial charge in [0.25, 0.3) is 0 Å². The highest BCUT2D eigenvalue weighted by atomic mass is 32.1. The van der Waals surface area contributed by atoms with Crippen molar-refractivity contribution < 1.29 is 14.3 Å². The highest BCUT2D eigenvalue weighted by Crippen LogP contribution is 2.13. The SMILES string of the molecule is CC(CCC(=O)c1ccsc1)CNC(=O)OC(C)(C)C. The van der Waals surface area contributed by atoms with Gasteiger partial charge < -0.3 is 10.1 Å². The molecule has 0 radical (unpaired) electrons. The molecule has 1 N–H and O–H groups in total. The predicted octanol–water partition coefficient (Wildman–Crippen LogP) is 3.87. The lowest BCUT2D eigenvalue weighted by Gasteiger charge is -2.20. The van der Waals surface area contributed by atoms with Crippen LogP contribution in [0.2, 0.25) is 0 Å². The topological polar surface area (TPSA) is 55.4 Å². The summed E-state index contributed by atoms with van der Waals surface area (Å²) in [7, 11) is 0. The molecule has 0 aliphatic heterocycles. The summed E-state index contributed by atoms with van der Waals surface area (Å²) in [6.45, 7) is 8.02. The number of alkyl carbamates (subject to hydrolysis) is 1. The third-order valence-corrected chi connectivity index (χ3v) is 3.38. The van der Waals surface area contributed by atoms with Crippen molar-refractivity contribution in [1.82, 2.24) is 5.32 Å². The number of ether oxygens (including phenoxy) is 1. The second-order valence-electron chi connectivity index (χ2n) is 5.96. The van der Waals surface area contributed by atoms with Gasteiger partial charge in [-0.3, -0.25) is 4.79 Å². The van der Waals surface area contributed by atoms with Crippen molar-refractivity contribution in [2.24, 2.45) is 5.92 Å². The molecule has 0 aliphatic carbocycles. The van der Waals surface area contributed by atoms with Gasteiger partial charge in [0, 0.05) is 23.9 Å². The van der Waals surface area contributed by atoms with Crippen LogP contribution in [0.15, 0.2) is 16.8 Å². The monoisotopic (exact) mass is 297 g/mol. The van der Waals surface area contributed by atoms with Crippen LogP contribution >= 0.6 is 11.3 Å². The van der Waals surface area contributed by atoms with Crippen molar-refractivity contribution in [1.29, 1.82) is 0 Å². The fraction of sp³-hybridized carbons (Fsp3) is 0.600. The van der Waals surface area contributed by atoms with Crippen LogP contribution in [0, 0.1) is 5.92 Å². The Balaban J connectivity index is 2.22. The molecule has 0 bridgehead atoms. The fourth-order valence-corrected chi connectivity index (χ4v) is 2.28. The molecule has 1 unspecified atom stereocenters. The molecular formula is C15H23NO3S. The minimum Gasteiger partial charge on any atom is -0.444 e. The number of carbonyl (C=O) groups excluding carboxylic acids is 2. The third kappa shape index (κ3) is 6.70. The first kappa shape index (κ1) is 16.7. The highest BCUT2D eigenvalue weighted by Gasteiger charge is 2.16. The number of ketones is 1. The molecule has 0 aliphatic rings. The fourth-order valence-electron chi connectivity index (χ4n) is 1.62. The standard InChI is InChI=1S/C15H23NO3S/c1-11(9-16-14(18)19-15(2,3)4)5-6-13(17)12-7-8-20-10-12/h7-8,10-11H,5-6,9H2,1-4H3,(H,16,18). The quantitative estimate of drug-likeness (QED) is 0.811. The molecule has 0 saturated heterocycles. The normalized spacial score (nSPS) is 12.8. The molecule has 0 saturated carbocycles. The zero-order valence-corrected chi connectivity index (χ0v) is 13.4. The Bertz CT molecular complexity index is 434. The molecule has 1 aromatic heterocycles. The largest absolute Gasteiger partial charge is 0.444 e. The van der Waals surface area contributed by atoms with E-state index in [4.69, 9.17) is 4.74 Å². The molecule has 4 nitrogen and oxygen atoms in total. The van der Waals surface area contributed by atoms with Gasteiger partial charge in [0.2, 0.25) is 0 Å². The van der Waals surface area contributed by atoms with Crippen molar-refractivity contribution >= 4 is 23.2 Å². The number of rotatable bonds is 6. The van der Waals surface area contributed by atoms with Crippen LogP contribution in [0.25, 0.3) is 0 Å². The molecule has 1 heterocycles. The van der Waals surface area contributed by atoms with Crippen molar-refractivity contribution in [2.45, 2.75) is 46.1 Å².